The molecule has 0 aromatic heterocycles. The lowest BCUT2D eigenvalue weighted by Gasteiger charge is -2.31. The lowest BCUT2D eigenvalue weighted by molar-refractivity contribution is -0.870. The first-order valence-electron chi connectivity index (χ1n) is 25.8. The fraction of sp³-hybridized carbons (Fsp3) is 0.902. The van der Waals surface area contributed by atoms with Crippen molar-refractivity contribution < 1.29 is 38.0 Å². The van der Waals surface area contributed by atoms with Crippen LogP contribution in [-0.4, -0.2) is 79.8 Å². The van der Waals surface area contributed by atoms with Gasteiger partial charge in [-0.1, -0.05) is 212 Å². The van der Waals surface area contributed by atoms with E-state index in [1.54, 1.807) is 0 Å². The van der Waals surface area contributed by atoms with Crippen LogP contribution in [0.3, 0.4) is 0 Å². The molecule has 0 heterocycles. The lowest BCUT2D eigenvalue weighted by Crippen LogP contribution is -2.51. The summed E-state index contributed by atoms with van der Waals surface area (Å²) in [5.74, 6) is -0.278. The van der Waals surface area contributed by atoms with Gasteiger partial charge in [0.25, 0.3) is 7.82 Å². The van der Waals surface area contributed by atoms with E-state index in [2.05, 4.69) is 43.5 Å². The standard InChI is InChI=1S/C51H101N2O7P/c1-6-8-10-12-14-16-18-20-21-22-23-24-25-26-27-28-29-30-31-32-34-36-38-40-42-44-50(55)52-48(47-60-61(57,58)59-46-45-53(3,4)5)51(56)49(54)43-41-39-37-35-33-19-17-15-13-11-9-7-2/h18,20,22-23,48-49,51,54,56H,6-17,19,21,24-47H2,1-5H3,(H-,52,55,57,58)/b20-18-,23-22-. The average molecular weight is 885 g/mol. The number of phosphoric ester groups is 1. The molecule has 3 N–H and O–H groups in total. The monoisotopic (exact) mass is 885 g/mol. The van der Waals surface area contributed by atoms with Crippen LogP contribution in [0.1, 0.15) is 239 Å². The number of nitrogens with zero attached hydrogens (tertiary/aromatic N) is 1. The van der Waals surface area contributed by atoms with Crippen molar-refractivity contribution in [1.29, 1.82) is 0 Å². The number of aliphatic hydroxyl groups excluding tert-OH is 2. The Labute approximate surface area is 377 Å². The summed E-state index contributed by atoms with van der Waals surface area (Å²) in [5, 5.41) is 24.7. The van der Waals surface area contributed by atoms with E-state index in [1.165, 1.54) is 161 Å². The minimum Gasteiger partial charge on any atom is -0.756 e. The Morgan fingerprint density at radius 3 is 1.41 bits per heavy atom. The van der Waals surface area contributed by atoms with Crippen LogP contribution >= 0.6 is 7.82 Å². The third-order valence-corrected chi connectivity index (χ3v) is 12.7. The van der Waals surface area contributed by atoms with Crippen molar-refractivity contribution in [3.8, 4) is 0 Å². The third kappa shape index (κ3) is 43.9. The van der Waals surface area contributed by atoms with Crippen LogP contribution in [0.2, 0.25) is 0 Å². The molecular formula is C51H101N2O7P. The summed E-state index contributed by atoms with van der Waals surface area (Å²) in [6, 6.07) is -1.07. The molecule has 9 nitrogen and oxygen atoms in total. The summed E-state index contributed by atoms with van der Waals surface area (Å²) in [6.45, 7) is 4.44. The maximum atomic E-state index is 12.9. The largest absolute Gasteiger partial charge is 0.756 e. The van der Waals surface area contributed by atoms with Gasteiger partial charge in [0.15, 0.2) is 0 Å². The first-order valence-corrected chi connectivity index (χ1v) is 27.2. The van der Waals surface area contributed by atoms with Crippen molar-refractivity contribution in [2.45, 2.75) is 257 Å². The molecule has 1 amide bonds. The highest BCUT2D eigenvalue weighted by Crippen LogP contribution is 2.38. The molecule has 0 aliphatic heterocycles. The molecule has 0 aromatic rings. The molecule has 0 radical (unpaired) electrons. The van der Waals surface area contributed by atoms with E-state index < -0.39 is 32.7 Å². The van der Waals surface area contributed by atoms with Crippen molar-refractivity contribution in [1.82, 2.24) is 5.32 Å². The number of amides is 1. The van der Waals surface area contributed by atoms with Gasteiger partial charge >= 0.3 is 0 Å². The Morgan fingerprint density at radius 2 is 0.984 bits per heavy atom. The molecule has 4 atom stereocenters. The summed E-state index contributed by atoms with van der Waals surface area (Å²) in [7, 11) is 1.13. The second-order valence-electron chi connectivity index (χ2n) is 19.0. The van der Waals surface area contributed by atoms with Gasteiger partial charge in [0.2, 0.25) is 5.91 Å². The van der Waals surface area contributed by atoms with Crippen molar-refractivity contribution in [2.24, 2.45) is 0 Å². The van der Waals surface area contributed by atoms with Gasteiger partial charge in [-0.15, -0.1) is 0 Å². The number of likely N-dealkylation sites (N-methyl/N-ethyl adjacent to an activating group) is 1. The highest BCUT2D eigenvalue weighted by molar-refractivity contribution is 7.45. The van der Waals surface area contributed by atoms with E-state index in [-0.39, 0.29) is 18.9 Å². The lowest BCUT2D eigenvalue weighted by atomic mass is 9.99. The van der Waals surface area contributed by atoms with Gasteiger partial charge in [0, 0.05) is 6.42 Å². The average Bonchev–Trinajstić information content (AvgIpc) is 3.21. The van der Waals surface area contributed by atoms with Crippen LogP contribution in [0.15, 0.2) is 24.3 Å². The third-order valence-electron chi connectivity index (χ3n) is 11.8. The molecule has 0 aliphatic rings. The summed E-state index contributed by atoms with van der Waals surface area (Å²) < 4.78 is 23.2. The van der Waals surface area contributed by atoms with Crippen LogP contribution in [0, 0.1) is 0 Å². The summed E-state index contributed by atoms with van der Waals surface area (Å²) in [6.07, 6.45) is 47.9. The van der Waals surface area contributed by atoms with Crippen LogP contribution in [0.25, 0.3) is 0 Å². The van der Waals surface area contributed by atoms with Gasteiger partial charge in [-0.2, -0.15) is 0 Å². The minimum atomic E-state index is -4.66. The summed E-state index contributed by atoms with van der Waals surface area (Å²) in [4.78, 5) is 25.5. The van der Waals surface area contributed by atoms with Gasteiger partial charge in [0.05, 0.1) is 39.9 Å². The Balaban J connectivity index is 4.26. The summed E-state index contributed by atoms with van der Waals surface area (Å²) >= 11 is 0. The number of nitrogens with one attached hydrogen (secondary N) is 1. The van der Waals surface area contributed by atoms with E-state index in [4.69, 9.17) is 9.05 Å². The molecule has 0 saturated carbocycles. The number of carbonyl (C=O) groups excluding carboxylic acids is 1. The van der Waals surface area contributed by atoms with Gasteiger partial charge < -0.3 is 34.0 Å². The molecule has 10 heteroatoms. The topological polar surface area (TPSA) is 128 Å². The number of allylic oxidation sites excluding steroid dienone is 4. The SMILES string of the molecule is CCCCCCC/C=C\C/C=C\CCCCCCCCCCCCCCCC(=O)NC(COP(=O)([O-])OCC[N+](C)(C)C)C(O)C(O)CCCCCCCCCCCCCC. The zero-order chi connectivity index (χ0) is 45.1. The van der Waals surface area contributed by atoms with E-state index in [9.17, 15) is 24.5 Å². The van der Waals surface area contributed by atoms with Crippen molar-refractivity contribution >= 4 is 13.7 Å². The molecule has 0 rings (SSSR count). The maximum Gasteiger partial charge on any atom is 0.268 e. The van der Waals surface area contributed by atoms with Gasteiger partial charge in [-0.05, 0) is 44.9 Å². The number of hydrogen-bond donors (Lipinski definition) is 3. The van der Waals surface area contributed by atoms with E-state index in [0.717, 1.165) is 51.4 Å². The molecule has 0 aromatic carbocycles. The van der Waals surface area contributed by atoms with Gasteiger partial charge in [0.1, 0.15) is 19.3 Å². The zero-order valence-corrected chi connectivity index (χ0v) is 41.6. The van der Waals surface area contributed by atoms with Crippen LogP contribution in [0.5, 0.6) is 0 Å². The Hall–Kier alpha value is -1.06. The highest BCUT2D eigenvalue weighted by atomic mass is 31.2. The molecule has 0 bridgehead atoms. The Kier molecular flexibility index (Phi) is 42.1. The van der Waals surface area contributed by atoms with Gasteiger partial charge in [-0.3, -0.25) is 9.36 Å². The van der Waals surface area contributed by atoms with E-state index in [0.29, 0.717) is 17.4 Å². The van der Waals surface area contributed by atoms with E-state index >= 15 is 0 Å². The smallest absolute Gasteiger partial charge is 0.268 e. The van der Waals surface area contributed by atoms with Crippen LogP contribution in [0.4, 0.5) is 0 Å². The quantitative estimate of drug-likeness (QED) is 0.0240. The number of rotatable bonds is 47. The Bertz CT molecular complexity index is 1070. The predicted molar refractivity (Wildman–Crippen MR) is 258 cm³/mol. The normalized spacial score (nSPS) is 14.8. The molecule has 0 aliphatic carbocycles. The second-order valence-corrected chi connectivity index (χ2v) is 20.4. The number of carbonyl (C=O) groups is 1. The van der Waals surface area contributed by atoms with Crippen LogP contribution in [-0.2, 0) is 18.4 Å². The minimum absolute atomic E-state index is 0.0397. The molecule has 61 heavy (non-hydrogen) atoms. The van der Waals surface area contributed by atoms with Gasteiger partial charge in [-0.25, -0.2) is 0 Å². The predicted octanol–water partition coefficient (Wildman–Crippen LogP) is 13.2. The fourth-order valence-corrected chi connectivity index (χ4v) is 8.36. The molecule has 0 spiro atoms. The first kappa shape index (κ1) is 59.9. The molecule has 362 valence electrons. The first-order chi connectivity index (χ1) is 29.4. The second kappa shape index (κ2) is 42.9. The maximum absolute atomic E-state index is 12.9. The summed E-state index contributed by atoms with van der Waals surface area (Å²) in [5.41, 5.74) is 0. The Morgan fingerprint density at radius 1 is 0.590 bits per heavy atom. The highest BCUT2D eigenvalue weighted by Gasteiger charge is 2.29. The molecular weight excluding hydrogens is 784 g/mol. The van der Waals surface area contributed by atoms with Crippen molar-refractivity contribution in [3.05, 3.63) is 24.3 Å². The van der Waals surface area contributed by atoms with Crippen LogP contribution < -0.4 is 10.2 Å². The number of unbranched alkanes of at least 4 members (excludes halogenated alkanes) is 29. The molecule has 0 saturated heterocycles. The fourth-order valence-electron chi connectivity index (χ4n) is 7.64. The zero-order valence-electron chi connectivity index (χ0n) is 40.7. The van der Waals surface area contributed by atoms with E-state index in [1.807, 2.05) is 21.1 Å². The number of quaternary nitrogens is 1. The number of hydrogen-bond acceptors (Lipinski definition) is 7. The van der Waals surface area contributed by atoms with Crippen molar-refractivity contribution in [3.63, 3.8) is 0 Å². The number of aliphatic hydroxyl groups is 2. The van der Waals surface area contributed by atoms with Crippen molar-refractivity contribution in [2.75, 3.05) is 40.9 Å². The molecule has 0 fully saturated rings. The molecule has 4 unspecified atom stereocenters. The number of phosphoric acid groups is 1.